The molecule has 4 nitrogen and oxygen atoms in total. The Kier molecular flexibility index (Phi) is 10.7. The van der Waals surface area contributed by atoms with Crippen molar-refractivity contribution < 1.29 is 14.3 Å². The van der Waals surface area contributed by atoms with Gasteiger partial charge in [-0.25, -0.2) is 0 Å². The Labute approximate surface area is 187 Å². The van der Waals surface area contributed by atoms with Crippen molar-refractivity contribution in [2.45, 2.75) is 59.3 Å². The highest BCUT2D eigenvalue weighted by molar-refractivity contribution is 5.79. The molecule has 0 spiro atoms. The molecule has 0 heterocycles. The molecule has 0 saturated carbocycles. The molecule has 0 aliphatic rings. The van der Waals surface area contributed by atoms with E-state index >= 15 is 0 Å². The minimum Gasteiger partial charge on any atom is -0.493 e. The van der Waals surface area contributed by atoms with E-state index in [2.05, 4.69) is 56.3 Å². The molecule has 2 aromatic carbocycles. The zero-order chi connectivity index (χ0) is 22.5. The van der Waals surface area contributed by atoms with Crippen LogP contribution in [-0.2, 0) is 4.84 Å². The lowest BCUT2D eigenvalue weighted by atomic mass is 9.94. The van der Waals surface area contributed by atoms with Gasteiger partial charge in [0, 0.05) is 0 Å². The summed E-state index contributed by atoms with van der Waals surface area (Å²) in [6, 6.07) is 12.6. The van der Waals surface area contributed by atoms with Crippen LogP contribution in [-0.4, -0.2) is 26.5 Å². The lowest BCUT2D eigenvalue weighted by Gasteiger charge is -2.15. The van der Waals surface area contributed by atoms with E-state index in [1.807, 2.05) is 25.1 Å². The van der Waals surface area contributed by atoms with E-state index in [0.29, 0.717) is 12.5 Å². The topological polar surface area (TPSA) is 40.0 Å². The summed E-state index contributed by atoms with van der Waals surface area (Å²) in [6.07, 6.45) is 10.3. The van der Waals surface area contributed by atoms with Crippen LogP contribution in [0.2, 0.25) is 0 Å². The standard InChI is InChI=1S/C27H37NO3/c1-6-7-15-30-26-17-22(3)27(23(4)18-26)31-16-10-8-9-12-21(2)25-14-11-13-24(19-25)20-28-29-5/h6-7,11,13-14,17-21H,8-10,12,15-16H2,1-5H3/b7-6+,28-20?. The molecule has 0 aromatic heterocycles. The fraction of sp³-hybridized carbons (Fsp3) is 0.444. The third kappa shape index (κ3) is 8.49. The number of nitrogens with zero attached hydrogens (tertiary/aromatic N) is 1. The lowest BCUT2D eigenvalue weighted by molar-refractivity contribution is 0.215. The molecule has 0 saturated heterocycles. The van der Waals surface area contributed by atoms with Gasteiger partial charge in [0.05, 0.1) is 12.8 Å². The van der Waals surface area contributed by atoms with Crippen molar-refractivity contribution in [3.63, 3.8) is 0 Å². The number of rotatable bonds is 13. The first-order valence-corrected chi connectivity index (χ1v) is 11.2. The SMILES string of the molecule is C/C=C/COc1cc(C)c(OCCCCCC(C)c2cccc(C=NOC)c2)c(C)c1. The Morgan fingerprint density at radius 3 is 2.48 bits per heavy atom. The zero-order valence-corrected chi connectivity index (χ0v) is 19.7. The second-order valence-corrected chi connectivity index (χ2v) is 7.95. The molecule has 0 aliphatic carbocycles. The maximum Gasteiger partial charge on any atom is 0.125 e. The highest BCUT2D eigenvalue weighted by atomic mass is 16.6. The van der Waals surface area contributed by atoms with Crippen LogP contribution in [0, 0.1) is 13.8 Å². The normalized spacial score (nSPS) is 12.4. The monoisotopic (exact) mass is 423 g/mol. The summed E-state index contributed by atoms with van der Waals surface area (Å²) in [4.78, 5) is 4.77. The van der Waals surface area contributed by atoms with Crippen molar-refractivity contribution >= 4 is 6.21 Å². The summed E-state index contributed by atoms with van der Waals surface area (Å²) in [5.41, 5.74) is 4.67. The smallest absolute Gasteiger partial charge is 0.125 e. The molecule has 31 heavy (non-hydrogen) atoms. The van der Waals surface area contributed by atoms with E-state index in [1.54, 1.807) is 13.3 Å². The van der Waals surface area contributed by atoms with Crippen LogP contribution < -0.4 is 9.47 Å². The summed E-state index contributed by atoms with van der Waals surface area (Å²) in [6.45, 7) is 9.79. The number of ether oxygens (including phenoxy) is 2. The number of oxime groups is 1. The van der Waals surface area contributed by atoms with E-state index in [-0.39, 0.29) is 0 Å². The van der Waals surface area contributed by atoms with E-state index in [0.717, 1.165) is 47.6 Å². The molecule has 1 unspecified atom stereocenters. The number of benzene rings is 2. The Morgan fingerprint density at radius 2 is 1.77 bits per heavy atom. The molecule has 2 rings (SSSR count). The molecular formula is C27H37NO3. The van der Waals surface area contributed by atoms with E-state index in [9.17, 15) is 0 Å². The third-order valence-corrected chi connectivity index (χ3v) is 5.33. The van der Waals surface area contributed by atoms with Gasteiger partial charge in [-0.2, -0.15) is 0 Å². The Hall–Kier alpha value is -2.75. The number of hydrogen-bond acceptors (Lipinski definition) is 4. The summed E-state index contributed by atoms with van der Waals surface area (Å²) in [7, 11) is 1.56. The lowest BCUT2D eigenvalue weighted by Crippen LogP contribution is -2.02. The Balaban J connectivity index is 1.73. The maximum absolute atomic E-state index is 6.10. The van der Waals surface area contributed by atoms with Gasteiger partial charge in [0.2, 0.25) is 0 Å². The first kappa shape index (κ1) is 24.5. The predicted molar refractivity (Wildman–Crippen MR) is 130 cm³/mol. The van der Waals surface area contributed by atoms with Crippen LogP contribution in [0.5, 0.6) is 11.5 Å². The van der Waals surface area contributed by atoms with Crippen molar-refractivity contribution in [2.24, 2.45) is 5.16 Å². The van der Waals surface area contributed by atoms with Crippen LogP contribution in [0.4, 0.5) is 0 Å². The van der Waals surface area contributed by atoms with Gasteiger partial charge in [0.15, 0.2) is 0 Å². The predicted octanol–water partition coefficient (Wildman–Crippen LogP) is 6.98. The van der Waals surface area contributed by atoms with Crippen molar-refractivity contribution in [1.82, 2.24) is 0 Å². The number of allylic oxidation sites excluding steroid dienone is 1. The molecular weight excluding hydrogens is 386 g/mol. The van der Waals surface area contributed by atoms with Gasteiger partial charge in [-0.05, 0) is 80.0 Å². The van der Waals surface area contributed by atoms with Crippen molar-refractivity contribution in [2.75, 3.05) is 20.3 Å². The maximum atomic E-state index is 6.10. The van der Waals surface area contributed by atoms with Gasteiger partial charge >= 0.3 is 0 Å². The summed E-state index contributed by atoms with van der Waals surface area (Å²) in [5, 5.41) is 3.85. The molecule has 0 fully saturated rings. The van der Waals surface area contributed by atoms with Gasteiger partial charge in [-0.1, -0.05) is 55.3 Å². The van der Waals surface area contributed by atoms with Crippen LogP contribution in [0.15, 0.2) is 53.7 Å². The van der Waals surface area contributed by atoms with Crippen LogP contribution in [0.3, 0.4) is 0 Å². The average molecular weight is 424 g/mol. The quantitative estimate of drug-likeness (QED) is 0.151. The van der Waals surface area contributed by atoms with Gasteiger partial charge in [-0.15, -0.1) is 0 Å². The molecule has 1 atom stereocenters. The van der Waals surface area contributed by atoms with Gasteiger partial charge in [-0.3, -0.25) is 0 Å². The molecule has 2 aromatic rings. The summed E-state index contributed by atoms with van der Waals surface area (Å²) >= 11 is 0. The average Bonchev–Trinajstić information content (AvgIpc) is 2.76. The van der Waals surface area contributed by atoms with Gasteiger partial charge in [0.25, 0.3) is 0 Å². The first-order valence-electron chi connectivity index (χ1n) is 11.2. The van der Waals surface area contributed by atoms with E-state index in [1.165, 1.54) is 18.4 Å². The van der Waals surface area contributed by atoms with Crippen LogP contribution >= 0.6 is 0 Å². The highest BCUT2D eigenvalue weighted by Gasteiger charge is 2.08. The van der Waals surface area contributed by atoms with Crippen molar-refractivity contribution in [3.05, 3.63) is 70.8 Å². The van der Waals surface area contributed by atoms with Gasteiger partial charge in [0.1, 0.15) is 25.2 Å². The highest BCUT2D eigenvalue weighted by Crippen LogP contribution is 2.29. The Bertz CT molecular complexity index is 834. The number of aryl methyl sites for hydroxylation is 2. The first-order chi connectivity index (χ1) is 15.0. The van der Waals surface area contributed by atoms with Crippen molar-refractivity contribution in [1.29, 1.82) is 0 Å². The third-order valence-electron chi connectivity index (χ3n) is 5.33. The summed E-state index contributed by atoms with van der Waals surface area (Å²) in [5.74, 6) is 2.41. The fourth-order valence-electron chi connectivity index (χ4n) is 3.59. The number of unbranched alkanes of at least 4 members (excludes halogenated alkanes) is 2. The zero-order valence-electron chi connectivity index (χ0n) is 19.7. The molecule has 0 aliphatic heterocycles. The Morgan fingerprint density at radius 1 is 1.00 bits per heavy atom. The number of hydrogen-bond donors (Lipinski definition) is 0. The van der Waals surface area contributed by atoms with Crippen LogP contribution in [0.1, 0.15) is 67.7 Å². The van der Waals surface area contributed by atoms with Crippen molar-refractivity contribution in [3.8, 4) is 11.5 Å². The minimum atomic E-state index is 0.524. The molecule has 4 heteroatoms. The second-order valence-electron chi connectivity index (χ2n) is 7.95. The van der Waals surface area contributed by atoms with E-state index in [4.69, 9.17) is 14.3 Å². The molecule has 0 amide bonds. The fourth-order valence-corrected chi connectivity index (χ4v) is 3.59. The van der Waals surface area contributed by atoms with Crippen LogP contribution in [0.25, 0.3) is 0 Å². The summed E-state index contributed by atoms with van der Waals surface area (Å²) < 4.78 is 11.8. The second kappa shape index (κ2) is 13.5. The molecule has 0 bridgehead atoms. The molecule has 0 radical (unpaired) electrons. The molecule has 168 valence electrons. The van der Waals surface area contributed by atoms with E-state index < -0.39 is 0 Å². The minimum absolute atomic E-state index is 0.524. The largest absolute Gasteiger partial charge is 0.493 e. The van der Waals surface area contributed by atoms with Gasteiger partial charge < -0.3 is 14.3 Å². The molecule has 0 N–H and O–H groups in total.